The van der Waals surface area contributed by atoms with Gasteiger partial charge in [0.2, 0.25) is 0 Å². The number of aliphatic carboxylic acids is 1. The Morgan fingerprint density at radius 1 is 1.18 bits per heavy atom. The summed E-state index contributed by atoms with van der Waals surface area (Å²) < 4.78 is 5.93. The fourth-order valence-corrected chi connectivity index (χ4v) is 4.86. The molecule has 1 saturated heterocycles. The van der Waals surface area contributed by atoms with Crippen LogP contribution >= 0.6 is 0 Å². The first-order chi connectivity index (χ1) is 16.3. The third kappa shape index (κ3) is 4.30. The normalized spacial score (nSPS) is 19.1. The highest BCUT2D eigenvalue weighted by atomic mass is 16.5. The number of hydrogen-bond acceptors (Lipinski definition) is 4. The van der Waals surface area contributed by atoms with Gasteiger partial charge in [0.25, 0.3) is 11.5 Å². The molecule has 0 radical (unpaired) electrons. The average Bonchev–Trinajstić information content (AvgIpc) is 2.84. The predicted molar refractivity (Wildman–Crippen MR) is 131 cm³/mol. The zero-order valence-corrected chi connectivity index (χ0v) is 19.8. The van der Waals surface area contributed by atoms with E-state index < -0.39 is 17.5 Å². The van der Waals surface area contributed by atoms with Gasteiger partial charge in [0, 0.05) is 24.8 Å². The van der Waals surface area contributed by atoms with Gasteiger partial charge in [0.15, 0.2) is 6.10 Å². The van der Waals surface area contributed by atoms with Crippen LogP contribution in [0.2, 0.25) is 0 Å². The number of benzene rings is 2. The van der Waals surface area contributed by atoms with Crippen molar-refractivity contribution >= 4 is 22.6 Å². The molecule has 0 saturated carbocycles. The molecule has 2 N–H and O–H groups in total. The molecule has 0 bridgehead atoms. The fraction of sp³-hybridized carbons (Fsp3) is 0.370. The van der Waals surface area contributed by atoms with Crippen LogP contribution in [0.15, 0.2) is 53.5 Å². The van der Waals surface area contributed by atoms with E-state index in [1.54, 1.807) is 30.2 Å². The molecule has 0 unspecified atom stereocenters. The highest BCUT2D eigenvalue weighted by Crippen LogP contribution is 2.34. The number of aromatic amines is 1. The molecule has 2 atom stereocenters. The van der Waals surface area contributed by atoms with Gasteiger partial charge < -0.3 is 19.7 Å². The molecule has 1 aliphatic rings. The summed E-state index contributed by atoms with van der Waals surface area (Å²) in [7, 11) is 0. The Kier molecular flexibility index (Phi) is 6.46. The van der Waals surface area contributed by atoms with Crippen LogP contribution in [0.5, 0.6) is 5.75 Å². The Bertz CT molecular complexity index is 1300. The smallest absolute Gasteiger partial charge is 0.311 e. The number of rotatable bonds is 6. The second kappa shape index (κ2) is 9.33. The molecule has 1 aliphatic heterocycles. The zero-order chi connectivity index (χ0) is 24.5. The summed E-state index contributed by atoms with van der Waals surface area (Å²) in [6, 6.07) is 13.2. The summed E-state index contributed by atoms with van der Waals surface area (Å²) in [6.07, 6.45) is 2.59. The topological polar surface area (TPSA) is 99.7 Å². The Balaban J connectivity index is 1.58. The van der Waals surface area contributed by atoms with E-state index in [4.69, 9.17) is 4.74 Å². The molecule has 7 nitrogen and oxygen atoms in total. The van der Waals surface area contributed by atoms with Gasteiger partial charge in [-0.05, 0) is 67.8 Å². The van der Waals surface area contributed by atoms with E-state index in [9.17, 15) is 19.5 Å². The minimum Gasteiger partial charge on any atom is -0.481 e. The van der Waals surface area contributed by atoms with Gasteiger partial charge in [0.1, 0.15) is 5.75 Å². The number of nitrogens with zero attached hydrogens (tertiary/aromatic N) is 1. The van der Waals surface area contributed by atoms with E-state index in [0.29, 0.717) is 36.9 Å². The number of H-pyrrole nitrogens is 1. The maximum Gasteiger partial charge on any atom is 0.311 e. The molecular formula is C27H30N2O5. The Morgan fingerprint density at radius 2 is 1.94 bits per heavy atom. The molecule has 3 aromatic rings. The SMILES string of the molecule is CC[C@@]1(C(=O)O)CCCN(C(=O)[C@@H](C)Oc2ccc3c(-c4ccccc4C)c[nH]c(=O)c3c2)C1. The van der Waals surface area contributed by atoms with Crippen molar-refractivity contribution in [3.05, 3.63) is 64.6 Å². The van der Waals surface area contributed by atoms with Crippen LogP contribution in [-0.2, 0) is 9.59 Å². The number of piperidine rings is 1. The second-order valence-electron chi connectivity index (χ2n) is 9.12. The van der Waals surface area contributed by atoms with E-state index >= 15 is 0 Å². The molecule has 1 amide bonds. The van der Waals surface area contributed by atoms with Crippen LogP contribution in [0.25, 0.3) is 21.9 Å². The lowest BCUT2D eigenvalue weighted by molar-refractivity contribution is -0.156. The van der Waals surface area contributed by atoms with E-state index in [-0.39, 0.29) is 18.0 Å². The molecular weight excluding hydrogens is 432 g/mol. The Morgan fingerprint density at radius 3 is 2.65 bits per heavy atom. The number of nitrogens with one attached hydrogen (secondary N) is 1. The molecule has 1 fully saturated rings. The van der Waals surface area contributed by atoms with Crippen LogP contribution in [0.4, 0.5) is 0 Å². The van der Waals surface area contributed by atoms with Crippen molar-refractivity contribution in [1.82, 2.24) is 9.88 Å². The first-order valence-electron chi connectivity index (χ1n) is 11.7. The summed E-state index contributed by atoms with van der Waals surface area (Å²) in [6.45, 7) is 6.22. The quantitative estimate of drug-likeness (QED) is 0.567. The maximum absolute atomic E-state index is 13.1. The Hall–Kier alpha value is -3.61. The lowest BCUT2D eigenvalue weighted by atomic mass is 9.77. The summed E-state index contributed by atoms with van der Waals surface area (Å²) in [5, 5.41) is 11.0. The minimum absolute atomic E-state index is 0.183. The molecule has 2 heterocycles. The highest BCUT2D eigenvalue weighted by Gasteiger charge is 2.43. The van der Waals surface area contributed by atoms with Gasteiger partial charge in [0.05, 0.1) is 10.8 Å². The molecule has 2 aromatic carbocycles. The number of ether oxygens (including phenoxy) is 1. The van der Waals surface area contributed by atoms with Crippen LogP contribution in [0.3, 0.4) is 0 Å². The number of fused-ring (bicyclic) bond motifs is 1. The first kappa shape index (κ1) is 23.5. The first-order valence-corrected chi connectivity index (χ1v) is 11.7. The minimum atomic E-state index is -0.907. The van der Waals surface area contributed by atoms with Crippen LogP contribution in [0, 0.1) is 12.3 Å². The zero-order valence-electron chi connectivity index (χ0n) is 19.8. The number of aromatic nitrogens is 1. The number of carbonyl (C=O) groups is 2. The van der Waals surface area contributed by atoms with Gasteiger partial charge in [-0.25, -0.2) is 0 Å². The standard InChI is InChI=1S/C27H30N2O5/c1-4-27(26(32)33)12-7-13-29(16-27)25(31)18(3)34-19-10-11-21-22(14-19)24(30)28-15-23(21)20-9-6-5-8-17(20)2/h5-6,8-11,14-15,18H,4,7,12-13,16H2,1-3H3,(H,28,30)(H,32,33)/t18-,27-/m1/s1. The van der Waals surface area contributed by atoms with Gasteiger partial charge in [-0.3, -0.25) is 14.4 Å². The van der Waals surface area contributed by atoms with Crippen molar-refractivity contribution in [2.24, 2.45) is 5.41 Å². The second-order valence-corrected chi connectivity index (χ2v) is 9.12. The lowest BCUT2D eigenvalue weighted by Gasteiger charge is -2.40. The van der Waals surface area contributed by atoms with Crippen molar-refractivity contribution in [2.75, 3.05) is 13.1 Å². The lowest BCUT2D eigenvalue weighted by Crippen LogP contribution is -2.52. The third-order valence-electron chi connectivity index (χ3n) is 6.99. The van der Waals surface area contributed by atoms with E-state index in [0.717, 1.165) is 22.1 Å². The molecule has 34 heavy (non-hydrogen) atoms. The number of amides is 1. The van der Waals surface area contributed by atoms with Gasteiger partial charge >= 0.3 is 5.97 Å². The number of hydrogen-bond donors (Lipinski definition) is 2. The van der Waals surface area contributed by atoms with Gasteiger partial charge in [-0.2, -0.15) is 0 Å². The van der Waals surface area contributed by atoms with E-state index in [1.807, 2.05) is 44.2 Å². The number of likely N-dealkylation sites (tertiary alicyclic amines) is 1. The van der Waals surface area contributed by atoms with Crippen molar-refractivity contribution in [2.45, 2.75) is 46.1 Å². The van der Waals surface area contributed by atoms with Gasteiger partial charge in [-0.15, -0.1) is 0 Å². The molecule has 4 rings (SSSR count). The van der Waals surface area contributed by atoms with Crippen LogP contribution < -0.4 is 10.3 Å². The molecule has 0 spiro atoms. The van der Waals surface area contributed by atoms with Crippen molar-refractivity contribution in [3.63, 3.8) is 0 Å². The molecule has 178 valence electrons. The fourth-order valence-electron chi connectivity index (χ4n) is 4.86. The summed E-state index contributed by atoms with van der Waals surface area (Å²) in [4.78, 5) is 41.9. The largest absolute Gasteiger partial charge is 0.481 e. The van der Waals surface area contributed by atoms with Crippen LogP contribution in [0.1, 0.15) is 38.7 Å². The number of aryl methyl sites for hydroxylation is 1. The molecule has 0 aliphatic carbocycles. The summed E-state index contributed by atoms with van der Waals surface area (Å²) >= 11 is 0. The van der Waals surface area contributed by atoms with Crippen molar-refractivity contribution in [3.8, 4) is 16.9 Å². The monoisotopic (exact) mass is 462 g/mol. The number of carboxylic acid groups (broad SMARTS) is 1. The molecule has 1 aromatic heterocycles. The molecule has 7 heteroatoms. The van der Waals surface area contributed by atoms with Crippen LogP contribution in [-0.4, -0.2) is 46.1 Å². The number of pyridine rings is 1. The number of carbonyl (C=O) groups excluding carboxylic acids is 1. The van der Waals surface area contributed by atoms with E-state index in [2.05, 4.69) is 4.98 Å². The third-order valence-corrected chi connectivity index (χ3v) is 6.99. The number of carboxylic acids is 1. The predicted octanol–water partition coefficient (Wildman–Crippen LogP) is 4.37. The summed E-state index contributed by atoms with van der Waals surface area (Å²) in [5.41, 5.74) is 1.91. The maximum atomic E-state index is 13.1. The Labute approximate surface area is 198 Å². The average molecular weight is 463 g/mol. The van der Waals surface area contributed by atoms with Gasteiger partial charge in [-0.1, -0.05) is 31.2 Å². The highest BCUT2D eigenvalue weighted by molar-refractivity contribution is 5.97. The van der Waals surface area contributed by atoms with E-state index in [1.165, 1.54) is 0 Å². The van der Waals surface area contributed by atoms with Crippen molar-refractivity contribution < 1.29 is 19.4 Å². The van der Waals surface area contributed by atoms with Crippen molar-refractivity contribution in [1.29, 1.82) is 0 Å². The summed E-state index contributed by atoms with van der Waals surface area (Å²) in [5.74, 6) is -0.696.